The Morgan fingerprint density at radius 1 is 0.723 bits per heavy atom. The molecule has 12 heteroatoms. The minimum absolute atomic E-state index is 0.0657. The number of ether oxygens (including phenoxy) is 3. The third kappa shape index (κ3) is 9.14. The van der Waals surface area contributed by atoms with Gasteiger partial charge in [-0.05, 0) is 73.7 Å². The number of aromatic carboxylic acids is 1. The molecule has 1 unspecified atom stereocenters. The lowest BCUT2D eigenvalue weighted by atomic mass is 10.1. The van der Waals surface area contributed by atoms with Crippen LogP contribution in [0.15, 0.2) is 102 Å². The summed E-state index contributed by atoms with van der Waals surface area (Å²) in [5.74, 6) is -1.24. The highest BCUT2D eigenvalue weighted by molar-refractivity contribution is 8.00. The second kappa shape index (κ2) is 16.0. The first kappa shape index (κ1) is 34.1. The quantitative estimate of drug-likeness (QED) is 0.101. The van der Waals surface area contributed by atoms with E-state index in [1.54, 1.807) is 73.7 Å². The van der Waals surface area contributed by atoms with Gasteiger partial charge in [0.1, 0.15) is 11.4 Å². The number of hydrogen-bond donors (Lipinski definition) is 4. The van der Waals surface area contributed by atoms with Crippen LogP contribution in [0.2, 0.25) is 0 Å². The summed E-state index contributed by atoms with van der Waals surface area (Å²) in [5, 5.41) is 16.8. The van der Waals surface area contributed by atoms with Crippen molar-refractivity contribution in [1.82, 2.24) is 5.32 Å². The van der Waals surface area contributed by atoms with Crippen molar-refractivity contribution >= 4 is 52.9 Å². The standard InChI is InChI=1S/C35H33N3O8S/c1-21(32(39)36-25-15-13-23(14-16-25)35(42)43)47-27-12-8-11-26(19-27)37-34(41)28(38-33(40)22-9-6-5-7-10-22)17-24-18-30(45-3)31(46-4)20-29(24)44-2/h5-21H,1-4H3,(H,36,39)(H,37,41)(H,38,40)(H,42,43)/b28-17+. The van der Waals surface area contributed by atoms with Crippen molar-refractivity contribution in [2.75, 3.05) is 32.0 Å². The molecule has 0 heterocycles. The number of carbonyl (C=O) groups is 4. The van der Waals surface area contributed by atoms with Crippen LogP contribution in [0.3, 0.4) is 0 Å². The maximum absolute atomic E-state index is 13.7. The van der Waals surface area contributed by atoms with Gasteiger partial charge in [-0.15, -0.1) is 11.8 Å². The summed E-state index contributed by atoms with van der Waals surface area (Å²) >= 11 is 1.27. The number of thioether (sulfide) groups is 1. The van der Waals surface area contributed by atoms with E-state index in [0.29, 0.717) is 44.6 Å². The van der Waals surface area contributed by atoms with Gasteiger partial charge in [0.2, 0.25) is 5.91 Å². The Kier molecular flexibility index (Phi) is 11.6. The van der Waals surface area contributed by atoms with Gasteiger partial charge < -0.3 is 35.3 Å². The Morgan fingerprint density at radius 2 is 1.38 bits per heavy atom. The van der Waals surface area contributed by atoms with E-state index in [0.717, 1.165) is 0 Å². The second-order valence-corrected chi connectivity index (χ2v) is 11.4. The van der Waals surface area contributed by atoms with E-state index in [4.69, 9.17) is 19.3 Å². The van der Waals surface area contributed by atoms with Crippen LogP contribution in [0.5, 0.6) is 17.2 Å². The lowest BCUT2D eigenvalue weighted by Gasteiger charge is -2.15. The molecule has 0 aromatic heterocycles. The van der Waals surface area contributed by atoms with Crippen molar-refractivity contribution in [3.63, 3.8) is 0 Å². The number of anilines is 2. The van der Waals surface area contributed by atoms with Crippen LogP contribution in [0.1, 0.15) is 33.2 Å². The largest absolute Gasteiger partial charge is 0.496 e. The van der Waals surface area contributed by atoms with Crippen LogP contribution < -0.4 is 30.2 Å². The van der Waals surface area contributed by atoms with Crippen molar-refractivity contribution < 1.29 is 38.5 Å². The van der Waals surface area contributed by atoms with E-state index in [-0.39, 0.29) is 17.2 Å². The molecular formula is C35H33N3O8S. The van der Waals surface area contributed by atoms with E-state index in [2.05, 4.69) is 16.0 Å². The van der Waals surface area contributed by atoms with Gasteiger partial charge in [0, 0.05) is 33.5 Å². The molecule has 11 nitrogen and oxygen atoms in total. The topological polar surface area (TPSA) is 152 Å². The molecule has 1 atom stereocenters. The summed E-state index contributed by atoms with van der Waals surface area (Å²) < 4.78 is 16.3. The SMILES string of the molecule is COc1cc(OC)c(OC)cc1/C=C(/NC(=O)c1ccccc1)C(=O)Nc1cccc(SC(C)C(=O)Nc2ccc(C(=O)O)cc2)c1. The summed E-state index contributed by atoms with van der Waals surface area (Å²) in [6, 6.07) is 24.5. The predicted octanol–water partition coefficient (Wildman–Crippen LogP) is 5.94. The van der Waals surface area contributed by atoms with Gasteiger partial charge in [-0.1, -0.05) is 24.3 Å². The van der Waals surface area contributed by atoms with Crippen LogP contribution in [-0.4, -0.2) is 55.4 Å². The minimum atomic E-state index is -1.05. The van der Waals surface area contributed by atoms with Crippen LogP contribution in [-0.2, 0) is 9.59 Å². The second-order valence-electron chi connectivity index (χ2n) is 9.94. The number of methoxy groups -OCH3 is 3. The predicted molar refractivity (Wildman–Crippen MR) is 180 cm³/mol. The number of nitrogens with one attached hydrogen (secondary N) is 3. The highest BCUT2D eigenvalue weighted by atomic mass is 32.2. The first-order valence-electron chi connectivity index (χ1n) is 14.2. The Hall–Kier alpha value is -5.75. The molecule has 47 heavy (non-hydrogen) atoms. The van der Waals surface area contributed by atoms with E-state index >= 15 is 0 Å². The number of carbonyl (C=O) groups excluding carboxylic acids is 3. The van der Waals surface area contributed by atoms with Crippen molar-refractivity contribution in [2.45, 2.75) is 17.1 Å². The number of carboxylic acid groups (broad SMARTS) is 1. The lowest BCUT2D eigenvalue weighted by Crippen LogP contribution is -2.30. The van der Waals surface area contributed by atoms with Gasteiger partial charge in [-0.2, -0.15) is 0 Å². The fourth-order valence-corrected chi connectivity index (χ4v) is 5.23. The Bertz CT molecular complexity index is 1790. The Morgan fingerprint density at radius 3 is 2.02 bits per heavy atom. The summed E-state index contributed by atoms with van der Waals surface area (Å²) in [4.78, 5) is 51.4. The van der Waals surface area contributed by atoms with Gasteiger partial charge >= 0.3 is 5.97 Å². The Balaban J connectivity index is 1.55. The van der Waals surface area contributed by atoms with E-state index in [1.807, 2.05) is 0 Å². The van der Waals surface area contributed by atoms with E-state index in [9.17, 15) is 19.2 Å². The molecule has 4 aromatic rings. The number of hydrogen-bond acceptors (Lipinski definition) is 8. The van der Waals surface area contributed by atoms with Crippen LogP contribution in [0, 0.1) is 0 Å². The third-order valence-corrected chi connectivity index (χ3v) is 7.83. The number of benzene rings is 4. The van der Waals surface area contributed by atoms with Crippen LogP contribution in [0.4, 0.5) is 11.4 Å². The molecule has 0 saturated carbocycles. The average molecular weight is 656 g/mol. The van der Waals surface area contributed by atoms with Gasteiger partial charge in [0.15, 0.2) is 11.5 Å². The summed E-state index contributed by atoms with van der Waals surface area (Å²) in [6.45, 7) is 1.73. The lowest BCUT2D eigenvalue weighted by molar-refractivity contribution is -0.115. The maximum Gasteiger partial charge on any atom is 0.335 e. The van der Waals surface area contributed by atoms with E-state index in [1.165, 1.54) is 63.4 Å². The smallest absolute Gasteiger partial charge is 0.335 e. The summed E-state index contributed by atoms with van der Waals surface area (Å²) in [5.41, 5.74) is 1.75. The number of carboxylic acids is 1. The monoisotopic (exact) mass is 655 g/mol. The fraction of sp³-hybridized carbons (Fsp3) is 0.143. The van der Waals surface area contributed by atoms with Crippen molar-refractivity contribution in [3.05, 3.63) is 113 Å². The van der Waals surface area contributed by atoms with Crippen LogP contribution >= 0.6 is 11.8 Å². The molecule has 0 radical (unpaired) electrons. The fourth-order valence-electron chi connectivity index (χ4n) is 4.31. The van der Waals surface area contributed by atoms with Gasteiger partial charge in [-0.3, -0.25) is 14.4 Å². The van der Waals surface area contributed by atoms with Gasteiger partial charge in [0.05, 0.1) is 32.1 Å². The molecule has 0 spiro atoms. The van der Waals surface area contributed by atoms with E-state index < -0.39 is 23.0 Å². The third-order valence-electron chi connectivity index (χ3n) is 6.74. The molecule has 0 saturated heterocycles. The van der Waals surface area contributed by atoms with Gasteiger partial charge in [-0.25, -0.2) is 4.79 Å². The zero-order chi connectivity index (χ0) is 33.9. The summed E-state index contributed by atoms with van der Waals surface area (Å²) in [7, 11) is 4.45. The average Bonchev–Trinajstić information content (AvgIpc) is 3.08. The molecule has 0 fully saturated rings. The molecule has 242 valence electrons. The molecular weight excluding hydrogens is 622 g/mol. The zero-order valence-corrected chi connectivity index (χ0v) is 26.8. The molecule has 4 aromatic carbocycles. The number of amides is 3. The first-order valence-corrected chi connectivity index (χ1v) is 15.1. The molecule has 4 N–H and O–H groups in total. The highest BCUT2D eigenvalue weighted by Crippen LogP contribution is 2.36. The minimum Gasteiger partial charge on any atom is -0.496 e. The molecule has 0 aliphatic rings. The molecule has 0 aliphatic heterocycles. The zero-order valence-electron chi connectivity index (χ0n) is 26.0. The van der Waals surface area contributed by atoms with Crippen molar-refractivity contribution in [2.24, 2.45) is 0 Å². The molecule has 3 amide bonds. The highest BCUT2D eigenvalue weighted by Gasteiger charge is 2.19. The summed E-state index contributed by atoms with van der Waals surface area (Å²) in [6.07, 6.45) is 1.48. The number of rotatable bonds is 13. The maximum atomic E-state index is 13.7. The molecule has 4 rings (SSSR count). The Labute approximate surface area is 275 Å². The van der Waals surface area contributed by atoms with Gasteiger partial charge in [0.25, 0.3) is 11.8 Å². The van der Waals surface area contributed by atoms with Crippen molar-refractivity contribution in [1.29, 1.82) is 0 Å². The van der Waals surface area contributed by atoms with Crippen LogP contribution in [0.25, 0.3) is 6.08 Å². The normalized spacial score (nSPS) is 11.5. The first-order chi connectivity index (χ1) is 22.6. The van der Waals surface area contributed by atoms with Crippen molar-refractivity contribution in [3.8, 4) is 17.2 Å². The molecule has 0 bridgehead atoms. The molecule has 0 aliphatic carbocycles.